The Bertz CT molecular complexity index is 587. The summed E-state index contributed by atoms with van der Waals surface area (Å²) < 4.78 is 0. The van der Waals surface area contributed by atoms with E-state index in [9.17, 15) is 4.79 Å². The van der Waals surface area contributed by atoms with Crippen molar-refractivity contribution in [2.75, 3.05) is 19.0 Å². The lowest BCUT2D eigenvalue weighted by Gasteiger charge is -2.36. The van der Waals surface area contributed by atoms with Crippen LogP contribution >= 0.6 is 0 Å². The second-order valence-corrected chi connectivity index (χ2v) is 7.16. The number of fused-ring (bicyclic) bond motifs is 1. The molecule has 21 heavy (non-hydrogen) atoms. The highest BCUT2D eigenvalue weighted by molar-refractivity contribution is 6.15. The molecule has 2 aliphatic rings. The SMILES string of the molecule is CN(C)c1ccc(C2=NNC3CC(C)(C)CC(=O)C23)cc1. The van der Waals surface area contributed by atoms with Crippen LogP contribution < -0.4 is 10.3 Å². The van der Waals surface area contributed by atoms with Gasteiger partial charge >= 0.3 is 0 Å². The normalized spacial score (nSPS) is 26.9. The summed E-state index contributed by atoms with van der Waals surface area (Å²) >= 11 is 0. The lowest BCUT2D eigenvalue weighted by molar-refractivity contribution is -0.126. The van der Waals surface area contributed by atoms with E-state index in [0.29, 0.717) is 12.2 Å². The van der Waals surface area contributed by atoms with Crippen LogP contribution in [0.1, 0.15) is 32.3 Å². The Morgan fingerprint density at radius 2 is 1.90 bits per heavy atom. The molecule has 1 heterocycles. The van der Waals surface area contributed by atoms with E-state index in [1.165, 1.54) is 0 Å². The second kappa shape index (κ2) is 4.86. The summed E-state index contributed by atoms with van der Waals surface area (Å²) in [4.78, 5) is 14.6. The number of carbonyl (C=O) groups excluding carboxylic acids is 1. The molecule has 1 saturated carbocycles. The molecule has 112 valence electrons. The Kier molecular flexibility index (Phi) is 3.27. The van der Waals surface area contributed by atoms with Gasteiger partial charge in [0.2, 0.25) is 0 Å². The fourth-order valence-electron chi connectivity index (χ4n) is 3.45. The van der Waals surface area contributed by atoms with Gasteiger partial charge in [-0.25, -0.2) is 0 Å². The maximum absolute atomic E-state index is 12.5. The summed E-state index contributed by atoms with van der Waals surface area (Å²) in [5, 5.41) is 4.47. The Morgan fingerprint density at radius 1 is 1.24 bits per heavy atom. The van der Waals surface area contributed by atoms with Gasteiger partial charge < -0.3 is 10.3 Å². The van der Waals surface area contributed by atoms with E-state index in [1.54, 1.807) is 0 Å². The fourth-order valence-corrected chi connectivity index (χ4v) is 3.45. The number of hydrogen-bond acceptors (Lipinski definition) is 4. The van der Waals surface area contributed by atoms with Crippen molar-refractivity contribution in [1.29, 1.82) is 0 Å². The number of carbonyl (C=O) groups is 1. The van der Waals surface area contributed by atoms with Crippen LogP contribution in [0.3, 0.4) is 0 Å². The lowest BCUT2D eigenvalue weighted by Crippen LogP contribution is -2.45. The van der Waals surface area contributed by atoms with Gasteiger partial charge in [-0.2, -0.15) is 5.10 Å². The molecule has 1 aromatic rings. The average Bonchev–Trinajstić information content (AvgIpc) is 2.81. The molecule has 1 aliphatic heterocycles. The van der Waals surface area contributed by atoms with Crippen molar-refractivity contribution >= 4 is 17.2 Å². The molecule has 4 heteroatoms. The fraction of sp³-hybridized carbons (Fsp3) is 0.529. The number of anilines is 1. The molecule has 1 aromatic carbocycles. The highest BCUT2D eigenvalue weighted by atomic mass is 16.1. The van der Waals surface area contributed by atoms with E-state index in [-0.39, 0.29) is 17.4 Å². The Balaban J connectivity index is 1.86. The first-order valence-electron chi connectivity index (χ1n) is 7.51. The van der Waals surface area contributed by atoms with Crippen molar-refractivity contribution in [3.05, 3.63) is 29.8 Å². The van der Waals surface area contributed by atoms with Gasteiger partial charge in [0.15, 0.2) is 0 Å². The van der Waals surface area contributed by atoms with Crippen molar-refractivity contribution in [3.8, 4) is 0 Å². The van der Waals surface area contributed by atoms with Crippen molar-refractivity contribution in [1.82, 2.24) is 5.43 Å². The predicted octanol–water partition coefficient (Wildman–Crippen LogP) is 2.43. The van der Waals surface area contributed by atoms with Crippen LogP contribution in [0.2, 0.25) is 0 Å². The number of rotatable bonds is 2. The number of nitrogens with zero attached hydrogens (tertiary/aromatic N) is 2. The van der Waals surface area contributed by atoms with E-state index in [4.69, 9.17) is 0 Å². The third-order valence-electron chi connectivity index (χ3n) is 4.50. The van der Waals surface area contributed by atoms with Crippen LogP contribution in [0.25, 0.3) is 0 Å². The van der Waals surface area contributed by atoms with Crippen molar-refractivity contribution < 1.29 is 4.79 Å². The van der Waals surface area contributed by atoms with Crippen molar-refractivity contribution in [2.24, 2.45) is 16.4 Å². The molecule has 0 aromatic heterocycles. The van der Waals surface area contributed by atoms with Crippen LogP contribution in [-0.4, -0.2) is 31.6 Å². The average molecular weight is 285 g/mol. The summed E-state index contributed by atoms with van der Waals surface area (Å²) in [6, 6.07) is 8.42. The van der Waals surface area contributed by atoms with Gasteiger partial charge in [-0.15, -0.1) is 0 Å². The monoisotopic (exact) mass is 285 g/mol. The van der Waals surface area contributed by atoms with E-state index >= 15 is 0 Å². The molecule has 1 aliphatic carbocycles. The summed E-state index contributed by atoms with van der Waals surface area (Å²) in [7, 11) is 4.04. The summed E-state index contributed by atoms with van der Waals surface area (Å²) in [5.74, 6) is 0.236. The first kappa shape index (κ1) is 14.1. The largest absolute Gasteiger partial charge is 0.378 e. The van der Waals surface area contributed by atoms with E-state index in [1.807, 2.05) is 14.1 Å². The quantitative estimate of drug-likeness (QED) is 0.907. The van der Waals surface area contributed by atoms with Gasteiger partial charge in [0, 0.05) is 26.2 Å². The minimum atomic E-state index is -0.0803. The van der Waals surface area contributed by atoms with Crippen molar-refractivity contribution in [3.63, 3.8) is 0 Å². The molecule has 0 saturated heterocycles. The Morgan fingerprint density at radius 3 is 2.52 bits per heavy atom. The second-order valence-electron chi connectivity index (χ2n) is 7.16. The standard InChI is InChI=1S/C17H23N3O/c1-17(2)9-13-15(14(21)10-17)16(19-18-13)11-5-7-12(8-6-11)20(3)4/h5-8,13,15,18H,9-10H2,1-4H3. The minimum Gasteiger partial charge on any atom is -0.378 e. The number of hydrogen-bond donors (Lipinski definition) is 1. The molecule has 1 fully saturated rings. The van der Waals surface area contributed by atoms with Crippen LogP contribution in [0.5, 0.6) is 0 Å². The molecule has 1 N–H and O–H groups in total. The van der Waals surface area contributed by atoms with E-state index in [2.05, 4.69) is 53.5 Å². The number of hydrazone groups is 1. The van der Waals surface area contributed by atoms with Gasteiger partial charge in [-0.3, -0.25) is 4.79 Å². The lowest BCUT2D eigenvalue weighted by atomic mass is 9.68. The maximum atomic E-state index is 12.5. The number of benzene rings is 1. The Hall–Kier alpha value is -1.84. The zero-order valence-corrected chi connectivity index (χ0v) is 13.2. The summed E-state index contributed by atoms with van der Waals surface area (Å²) in [6.07, 6.45) is 1.64. The zero-order valence-electron chi connectivity index (χ0n) is 13.2. The van der Waals surface area contributed by atoms with Gasteiger partial charge in [0.1, 0.15) is 5.78 Å². The molecular formula is C17H23N3O. The van der Waals surface area contributed by atoms with Crippen LogP contribution in [0, 0.1) is 11.3 Å². The Labute approximate surface area is 126 Å². The molecule has 0 amide bonds. The van der Waals surface area contributed by atoms with Crippen LogP contribution in [0.15, 0.2) is 29.4 Å². The molecule has 2 unspecified atom stereocenters. The smallest absolute Gasteiger partial charge is 0.144 e. The molecule has 0 spiro atoms. The van der Waals surface area contributed by atoms with Gasteiger partial charge in [-0.1, -0.05) is 26.0 Å². The maximum Gasteiger partial charge on any atom is 0.144 e. The third-order valence-corrected chi connectivity index (χ3v) is 4.50. The highest BCUT2D eigenvalue weighted by Gasteiger charge is 2.46. The summed E-state index contributed by atoms with van der Waals surface area (Å²) in [6.45, 7) is 4.32. The third kappa shape index (κ3) is 2.55. The van der Waals surface area contributed by atoms with Gasteiger partial charge in [-0.05, 0) is 29.5 Å². The number of ketones is 1. The van der Waals surface area contributed by atoms with Crippen molar-refractivity contribution in [2.45, 2.75) is 32.7 Å². The topological polar surface area (TPSA) is 44.7 Å². The van der Waals surface area contributed by atoms with Gasteiger partial charge in [0.05, 0.1) is 17.7 Å². The summed E-state index contributed by atoms with van der Waals surface area (Å²) in [5.41, 5.74) is 6.37. The van der Waals surface area contributed by atoms with Gasteiger partial charge in [0.25, 0.3) is 0 Å². The van der Waals surface area contributed by atoms with E-state index < -0.39 is 0 Å². The van der Waals surface area contributed by atoms with E-state index in [0.717, 1.165) is 23.4 Å². The molecular weight excluding hydrogens is 262 g/mol. The number of nitrogens with one attached hydrogen (secondary N) is 1. The molecule has 2 atom stereocenters. The molecule has 0 radical (unpaired) electrons. The minimum absolute atomic E-state index is 0.0744. The predicted molar refractivity (Wildman–Crippen MR) is 85.7 cm³/mol. The van der Waals surface area contributed by atoms with Crippen LogP contribution in [-0.2, 0) is 4.79 Å². The first-order chi connectivity index (χ1) is 9.87. The highest BCUT2D eigenvalue weighted by Crippen LogP contribution is 2.39. The number of Topliss-reactive ketones (excluding diaryl/α,β-unsaturated/α-hetero) is 1. The first-order valence-corrected chi connectivity index (χ1v) is 7.51. The van der Waals surface area contributed by atoms with Crippen LogP contribution in [0.4, 0.5) is 5.69 Å². The molecule has 0 bridgehead atoms. The molecule has 4 nitrogen and oxygen atoms in total. The zero-order chi connectivity index (χ0) is 15.2. The molecule has 3 rings (SSSR count).